The Bertz CT molecular complexity index is 466. The summed E-state index contributed by atoms with van der Waals surface area (Å²) in [6, 6.07) is 1.40. The van der Waals surface area contributed by atoms with Crippen molar-refractivity contribution < 1.29 is 13.2 Å². The average Bonchev–Trinajstić information content (AvgIpc) is 2.67. The first-order chi connectivity index (χ1) is 7.16. The first-order valence-electron chi connectivity index (χ1n) is 4.27. The number of hydrogen-bond donors (Lipinski definition) is 1. The van der Waals surface area contributed by atoms with Crippen LogP contribution < -0.4 is 0 Å². The van der Waals surface area contributed by atoms with Crippen LogP contribution in [-0.4, -0.2) is 9.97 Å². The van der Waals surface area contributed by atoms with Gasteiger partial charge in [0.15, 0.2) is 11.6 Å². The standard InChI is InChI=1S/C10H7F3N2/c11-8-3-10(13)9(12)2-6(8)1-7-4-14-5-15-7/h2-5H,1H2,(H,14,15). The minimum atomic E-state index is -1.18. The molecule has 0 amide bonds. The maximum absolute atomic E-state index is 13.2. The Morgan fingerprint density at radius 1 is 1.07 bits per heavy atom. The van der Waals surface area contributed by atoms with Gasteiger partial charge in [0.1, 0.15) is 5.82 Å². The summed E-state index contributed by atoms with van der Waals surface area (Å²) in [5.41, 5.74) is 0.734. The van der Waals surface area contributed by atoms with Gasteiger partial charge in [-0.15, -0.1) is 0 Å². The van der Waals surface area contributed by atoms with Crippen LogP contribution in [0.15, 0.2) is 24.7 Å². The van der Waals surface area contributed by atoms with Crippen molar-refractivity contribution in [2.75, 3.05) is 0 Å². The van der Waals surface area contributed by atoms with Gasteiger partial charge in [0, 0.05) is 24.4 Å². The number of aromatic amines is 1. The van der Waals surface area contributed by atoms with Crippen LogP contribution in [0.1, 0.15) is 11.3 Å². The number of nitrogens with one attached hydrogen (secondary N) is 1. The van der Waals surface area contributed by atoms with Crippen LogP contribution in [0.3, 0.4) is 0 Å². The first-order valence-corrected chi connectivity index (χ1v) is 4.27. The van der Waals surface area contributed by atoms with Crippen molar-refractivity contribution in [3.05, 3.63) is 53.4 Å². The summed E-state index contributed by atoms with van der Waals surface area (Å²) in [5, 5.41) is 0. The molecule has 0 fully saturated rings. The largest absolute Gasteiger partial charge is 0.348 e. The van der Waals surface area contributed by atoms with Crippen LogP contribution in [0.5, 0.6) is 0 Å². The van der Waals surface area contributed by atoms with E-state index in [9.17, 15) is 13.2 Å². The molecule has 0 aliphatic carbocycles. The fourth-order valence-corrected chi connectivity index (χ4v) is 1.29. The molecule has 1 aromatic carbocycles. The van der Waals surface area contributed by atoms with Gasteiger partial charge in [0.05, 0.1) is 6.33 Å². The molecule has 0 spiro atoms. The molecule has 0 aliphatic heterocycles. The smallest absolute Gasteiger partial charge is 0.161 e. The molecular formula is C10H7F3N2. The second kappa shape index (κ2) is 3.76. The van der Waals surface area contributed by atoms with E-state index in [4.69, 9.17) is 0 Å². The van der Waals surface area contributed by atoms with E-state index in [1.54, 1.807) is 0 Å². The van der Waals surface area contributed by atoms with Crippen molar-refractivity contribution >= 4 is 0 Å². The van der Waals surface area contributed by atoms with Gasteiger partial charge in [-0.25, -0.2) is 18.2 Å². The minimum Gasteiger partial charge on any atom is -0.348 e. The highest BCUT2D eigenvalue weighted by Gasteiger charge is 2.10. The van der Waals surface area contributed by atoms with Crippen molar-refractivity contribution in [3.63, 3.8) is 0 Å². The molecule has 5 heteroatoms. The number of hydrogen-bond acceptors (Lipinski definition) is 1. The number of H-pyrrole nitrogens is 1. The van der Waals surface area contributed by atoms with Gasteiger partial charge < -0.3 is 4.98 Å². The van der Waals surface area contributed by atoms with E-state index >= 15 is 0 Å². The van der Waals surface area contributed by atoms with Gasteiger partial charge in [0.25, 0.3) is 0 Å². The van der Waals surface area contributed by atoms with E-state index in [1.165, 1.54) is 12.5 Å². The molecule has 0 unspecified atom stereocenters. The van der Waals surface area contributed by atoms with Crippen LogP contribution in [0.4, 0.5) is 13.2 Å². The molecule has 1 heterocycles. The Balaban J connectivity index is 2.33. The second-order valence-corrected chi connectivity index (χ2v) is 3.11. The van der Waals surface area contributed by atoms with Crippen LogP contribution >= 0.6 is 0 Å². The molecule has 78 valence electrons. The maximum Gasteiger partial charge on any atom is 0.161 e. The van der Waals surface area contributed by atoms with Crippen LogP contribution in [-0.2, 0) is 6.42 Å². The van der Waals surface area contributed by atoms with Gasteiger partial charge in [0.2, 0.25) is 0 Å². The quantitative estimate of drug-likeness (QED) is 0.761. The maximum atomic E-state index is 13.2. The predicted molar refractivity (Wildman–Crippen MR) is 47.7 cm³/mol. The van der Waals surface area contributed by atoms with Crippen molar-refractivity contribution in [3.8, 4) is 0 Å². The Labute approximate surface area is 83.8 Å². The molecule has 0 saturated heterocycles. The molecule has 1 N–H and O–H groups in total. The SMILES string of the molecule is Fc1cc(F)c(Cc2cnc[nH]2)cc1F. The van der Waals surface area contributed by atoms with Gasteiger partial charge in [-0.2, -0.15) is 0 Å². The third kappa shape index (κ3) is 2.01. The lowest BCUT2D eigenvalue weighted by Gasteiger charge is -2.02. The van der Waals surface area contributed by atoms with Crippen molar-refractivity contribution in [2.24, 2.45) is 0 Å². The zero-order valence-electron chi connectivity index (χ0n) is 7.60. The molecule has 1 aromatic heterocycles. The van der Waals surface area contributed by atoms with E-state index in [2.05, 4.69) is 9.97 Å². The Kier molecular flexibility index (Phi) is 2.45. The molecule has 0 radical (unpaired) electrons. The van der Waals surface area contributed by atoms with E-state index in [1.807, 2.05) is 0 Å². The lowest BCUT2D eigenvalue weighted by atomic mass is 10.1. The predicted octanol–water partition coefficient (Wildman–Crippen LogP) is 2.42. The minimum absolute atomic E-state index is 0.0955. The van der Waals surface area contributed by atoms with Gasteiger partial charge >= 0.3 is 0 Å². The molecular weight excluding hydrogens is 205 g/mol. The highest BCUT2D eigenvalue weighted by atomic mass is 19.2. The highest BCUT2D eigenvalue weighted by molar-refractivity contribution is 5.24. The van der Waals surface area contributed by atoms with Gasteiger partial charge in [-0.05, 0) is 11.6 Å². The van der Waals surface area contributed by atoms with E-state index in [0.717, 1.165) is 6.07 Å². The van der Waals surface area contributed by atoms with Crippen molar-refractivity contribution in [2.45, 2.75) is 6.42 Å². The second-order valence-electron chi connectivity index (χ2n) is 3.11. The number of imidazole rings is 1. The zero-order valence-corrected chi connectivity index (χ0v) is 7.60. The summed E-state index contributed by atoms with van der Waals surface area (Å²) in [6.07, 6.45) is 3.09. The summed E-state index contributed by atoms with van der Waals surface area (Å²) in [7, 11) is 0. The monoisotopic (exact) mass is 212 g/mol. The van der Waals surface area contributed by atoms with Gasteiger partial charge in [-0.3, -0.25) is 0 Å². The molecule has 0 aliphatic rings. The van der Waals surface area contributed by atoms with Gasteiger partial charge in [-0.1, -0.05) is 0 Å². The summed E-state index contributed by atoms with van der Waals surface area (Å²) in [6.45, 7) is 0. The molecule has 2 rings (SSSR count). The third-order valence-corrected chi connectivity index (χ3v) is 2.03. The third-order valence-electron chi connectivity index (χ3n) is 2.03. The topological polar surface area (TPSA) is 28.7 Å². The molecule has 0 atom stereocenters. The molecule has 0 saturated carbocycles. The Morgan fingerprint density at radius 2 is 1.80 bits per heavy atom. The first kappa shape index (κ1) is 9.76. The number of halogens is 3. The number of nitrogens with zero attached hydrogens (tertiary/aromatic N) is 1. The van der Waals surface area contributed by atoms with Crippen LogP contribution in [0.2, 0.25) is 0 Å². The molecule has 2 aromatic rings. The summed E-state index contributed by atoms with van der Waals surface area (Å²) in [4.78, 5) is 6.50. The normalized spacial score (nSPS) is 10.6. The Morgan fingerprint density at radius 3 is 2.47 bits per heavy atom. The number of benzene rings is 1. The van der Waals surface area contributed by atoms with Crippen LogP contribution in [0, 0.1) is 17.5 Å². The summed E-state index contributed by atoms with van der Waals surface area (Å²) >= 11 is 0. The average molecular weight is 212 g/mol. The fraction of sp³-hybridized carbons (Fsp3) is 0.100. The molecule has 0 bridgehead atoms. The lowest BCUT2D eigenvalue weighted by molar-refractivity contribution is 0.491. The van der Waals surface area contributed by atoms with E-state index in [0.29, 0.717) is 11.8 Å². The zero-order chi connectivity index (χ0) is 10.8. The highest BCUT2D eigenvalue weighted by Crippen LogP contribution is 2.16. The molecule has 2 nitrogen and oxygen atoms in total. The molecule has 15 heavy (non-hydrogen) atoms. The van der Waals surface area contributed by atoms with E-state index < -0.39 is 17.5 Å². The fourth-order valence-electron chi connectivity index (χ4n) is 1.29. The number of rotatable bonds is 2. The van der Waals surface area contributed by atoms with Crippen molar-refractivity contribution in [1.29, 1.82) is 0 Å². The van der Waals surface area contributed by atoms with Crippen molar-refractivity contribution in [1.82, 2.24) is 9.97 Å². The number of aromatic nitrogens is 2. The summed E-state index contributed by atoms with van der Waals surface area (Å²) in [5.74, 6) is -2.99. The Hall–Kier alpha value is -1.78. The van der Waals surface area contributed by atoms with E-state index in [-0.39, 0.29) is 12.0 Å². The summed E-state index contributed by atoms with van der Waals surface area (Å²) < 4.78 is 38.6. The lowest BCUT2D eigenvalue weighted by Crippen LogP contribution is -1.96. The van der Waals surface area contributed by atoms with Crippen LogP contribution in [0.25, 0.3) is 0 Å².